The van der Waals surface area contributed by atoms with Crippen LogP contribution in [0.2, 0.25) is 0 Å². The molecule has 0 bridgehead atoms. The van der Waals surface area contributed by atoms with Crippen molar-refractivity contribution in [3.8, 4) is 0 Å². The Morgan fingerprint density at radius 3 is 1.80 bits per heavy atom. The summed E-state index contributed by atoms with van der Waals surface area (Å²) in [5.74, 6) is -2.40. The number of nitrogens with zero attached hydrogens (tertiary/aromatic N) is 1. The van der Waals surface area contributed by atoms with Crippen molar-refractivity contribution < 1.29 is 19.8 Å². The van der Waals surface area contributed by atoms with Gasteiger partial charge in [0.05, 0.1) is 0 Å². The second-order valence-corrected chi connectivity index (χ2v) is 4.39. The molecule has 0 unspecified atom stereocenters. The van der Waals surface area contributed by atoms with E-state index in [1.165, 1.54) is 0 Å². The Morgan fingerprint density at radius 1 is 1.13 bits per heavy atom. The van der Waals surface area contributed by atoms with Crippen LogP contribution in [0.25, 0.3) is 0 Å². The van der Waals surface area contributed by atoms with Crippen LogP contribution in [-0.2, 0) is 9.59 Å². The molecule has 5 heteroatoms. The van der Waals surface area contributed by atoms with Crippen molar-refractivity contribution in [1.82, 2.24) is 4.90 Å². The molecule has 0 atom stereocenters. The van der Waals surface area contributed by atoms with Crippen molar-refractivity contribution in [2.24, 2.45) is 5.41 Å². The van der Waals surface area contributed by atoms with Crippen LogP contribution in [0.5, 0.6) is 0 Å². The number of rotatable bonds is 3. The third-order valence-electron chi connectivity index (χ3n) is 3.36. The highest BCUT2D eigenvalue weighted by Gasteiger charge is 2.48. The van der Waals surface area contributed by atoms with Gasteiger partial charge in [0.1, 0.15) is 0 Å². The molecular formula is C10H17NO4. The standard InChI is InChI=1S/C10H17NO4/c1-11(2)7-3-5-10(6-4-7,8(12)13)9(14)15/h7H,3-6H2,1-2H3,(H,12,13)(H,14,15). The van der Waals surface area contributed by atoms with Gasteiger partial charge in [-0.3, -0.25) is 9.59 Å². The highest BCUT2D eigenvalue weighted by Crippen LogP contribution is 2.38. The summed E-state index contributed by atoms with van der Waals surface area (Å²) in [6, 6.07) is 0.303. The fourth-order valence-electron chi connectivity index (χ4n) is 2.13. The van der Waals surface area contributed by atoms with Gasteiger partial charge in [-0.2, -0.15) is 0 Å². The first-order chi connectivity index (χ1) is 6.90. The van der Waals surface area contributed by atoms with Gasteiger partial charge in [-0.15, -0.1) is 0 Å². The Labute approximate surface area is 88.7 Å². The molecule has 0 aromatic rings. The van der Waals surface area contributed by atoms with Gasteiger partial charge in [0.2, 0.25) is 0 Å². The molecule has 0 aromatic heterocycles. The number of carbonyl (C=O) groups is 2. The predicted octanol–water partition coefficient (Wildman–Crippen LogP) is 0.646. The molecule has 0 heterocycles. The van der Waals surface area contributed by atoms with Crippen molar-refractivity contribution in [2.75, 3.05) is 14.1 Å². The van der Waals surface area contributed by atoms with Gasteiger partial charge in [-0.05, 0) is 39.8 Å². The molecule has 0 aliphatic heterocycles. The van der Waals surface area contributed by atoms with Crippen molar-refractivity contribution >= 4 is 11.9 Å². The Bertz CT molecular complexity index is 251. The van der Waals surface area contributed by atoms with Crippen LogP contribution >= 0.6 is 0 Å². The van der Waals surface area contributed by atoms with Crippen LogP contribution < -0.4 is 0 Å². The van der Waals surface area contributed by atoms with E-state index in [9.17, 15) is 9.59 Å². The molecule has 0 radical (unpaired) electrons. The number of hydrogen-bond acceptors (Lipinski definition) is 3. The highest BCUT2D eigenvalue weighted by molar-refractivity contribution is 5.98. The largest absolute Gasteiger partial charge is 0.480 e. The minimum absolute atomic E-state index is 0.223. The minimum atomic E-state index is -1.55. The maximum atomic E-state index is 11.0. The second-order valence-electron chi connectivity index (χ2n) is 4.39. The van der Waals surface area contributed by atoms with E-state index >= 15 is 0 Å². The average Bonchev–Trinajstić information content (AvgIpc) is 2.17. The van der Waals surface area contributed by atoms with E-state index in [0.29, 0.717) is 18.9 Å². The van der Waals surface area contributed by atoms with Crippen molar-refractivity contribution in [2.45, 2.75) is 31.7 Å². The summed E-state index contributed by atoms with van der Waals surface area (Å²) in [4.78, 5) is 24.0. The SMILES string of the molecule is CN(C)C1CCC(C(=O)O)(C(=O)O)CC1. The van der Waals surface area contributed by atoms with Crippen LogP contribution in [0.1, 0.15) is 25.7 Å². The third kappa shape index (κ3) is 2.12. The van der Waals surface area contributed by atoms with Crippen molar-refractivity contribution in [3.63, 3.8) is 0 Å². The van der Waals surface area contributed by atoms with Crippen LogP contribution in [-0.4, -0.2) is 47.2 Å². The molecular weight excluding hydrogens is 198 g/mol. The van der Waals surface area contributed by atoms with Gasteiger partial charge in [-0.25, -0.2) is 0 Å². The fourth-order valence-corrected chi connectivity index (χ4v) is 2.13. The van der Waals surface area contributed by atoms with Crippen LogP contribution in [0, 0.1) is 5.41 Å². The zero-order chi connectivity index (χ0) is 11.6. The molecule has 1 saturated carbocycles. The molecule has 1 fully saturated rings. The summed E-state index contributed by atoms with van der Waals surface area (Å²) in [6.45, 7) is 0. The summed E-state index contributed by atoms with van der Waals surface area (Å²) in [5.41, 5.74) is -1.55. The topological polar surface area (TPSA) is 77.8 Å². The zero-order valence-corrected chi connectivity index (χ0v) is 9.06. The maximum Gasteiger partial charge on any atom is 0.321 e. The molecule has 0 spiro atoms. The average molecular weight is 215 g/mol. The van der Waals surface area contributed by atoms with Crippen LogP contribution in [0.15, 0.2) is 0 Å². The quantitative estimate of drug-likeness (QED) is 0.676. The van der Waals surface area contributed by atoms with E-state index in [1.54, 1.807) is 0 Å². The Balaban J connectivity index is 2.75. The third-order valence-corrected chi connectivity index (χ3v) is 3.36. The monoisotopic (exact) mass is 215 g/mol. The Morgan fingerprint density at radius 2 is 1.53 bits per heavy atom. The fraction of sp³-hybridized carbons (Fsp3) is 0.800. The number of carboxylic acids is 2. The number of aliphatic carboxylic acids is 2. The van der Waals surface area contributed by atoms with Gasteiger partial charge in [0.15, 0.2) is 5.41 Å². The highest BCUT2D eigenvalue weighted by atomic mass is 16.4. The van der Waals surface area contributed by atoms with E-state index in [4.69, 9.17) is 10.2 Å². The first-order valence-corrected chi connectivity index (χ1v) is 5.03. The maximum absolute atomic E-state index is 11.0. The normalized spacial score (nSPS) is 21.5. The lowest BCUT2D eigenvalue weighted by molar-refractivity contribution is -0.168. The lowest BCUT2D eigenvalue weighted by Gasteiger charge is -2.36. The van der Waals surface area contributed by atoms with Crippen LogP contribution in [0.3, 0.4) is 0 Å². The van der Waals surface area contributed by atoms with E-state index in [1.807, 2.05) is 19.0 Å². The number of hydrogen-bond donors (Lipinski definition) is 2. The summed E-state index contributed by atoms with van der Waals surface area (Å²) in [6.07, 6.45) is 1.71. The Kier molecular flexibility index (Phi) is 3.34. The van der Waals surface area contributed by atoms with Gasteiger partial charge < -0.3 is 15.1 Å². The smallest absolute Gasteiger partial charge is 0.321 e. The van der Waals surface area contributed by atoms with Gasteiger partial charge in [-0.1, -0.05) is 0 Å². The van der Waals surface area contributed by atoms with E-state index < -0.39 is 17.4 Å². The van der Waals surface area contributed by atoms with Crippen molar-refractivity contribution in [3.05, 3.63) is 0 Å². The van der Waals surface area contributed by atoms with Gasteiger partial charge in [0, 0.05) is 6.04 Å². The van der Waals surface area contributed by atoms with E-state index in [0.717, 1.165) is 0 Å². The van der Waals surface area contributed by atoms with Crippen LogP contribution in [0.4, 0.5) is 0 Å². The molecule has 5 nitrogen and oxygen atoms in total. The molecule has 86 valence electrons. The van der Waals surface area contributed by atoms with E-state index in [-0.39, 0.29) is 12.8 Å². The summed E-state index contributed by atoms with van der Waals surface area (Å²) < 4.78 is 0. The molecule has 1 aliphatic rings. The summed E-state index contributed by atoms with van der Waals surface area (Å²) in [7, 11) is 3.86. The molecule has 1 rings (SSSR count). The molecule has 0 amide bonds. The molecule has 0 aromatic carbocycles. The summed E-state index contributed by atoms with van der Waals surface area (Å²) in [5, 5.41) is 18.0. The molecule has 0 saturated heterocycles. The van der Waals surface area contributed by atoms with Crippen molar-refractivity contribution in [1.29, 1.82) is 0 Å². The van der Waals surface area contributed by atoms with Gasteiger partial charge >= 0.3 is 11.9 Å². The number of carboxylic acid groups (broad SMARTS) is 2. The van der Waals surface area contributed by atoms with E-state index in [2.05, 4.69) is 0 Å². The first-order valence-electron chi connectivity index (χ1n) is 5.03. The minimum Gasteiger partial charge on any atom is -0.480 e. The predicted molar refractivity (Wildman–Crippen MR) is 53.6 cm³/mol. The lowest BCUT2D eigenvalue weighted by atomic mass is 9.72. The summed E-state index contributed by atoms with van der Waals surface area (Å²) >= 11 is 0. The Hall–Kier alpha value is -1.10. The molecule has 2 N–H and O–H groups in total. The molecule has 1 aliphatic carbocycles. The van der Waals surface area contributed by atoms with Gasteiger partial charge in [0.25, 0.3) is 0 Å². The lowest BCUT2D eigenvalue weighted by Crippen LogP contribution is -2.45. The first kappa shape index (κ1) is 12.0. The molecule has 15 heavy (non-hydrogen) atoms. The second kappa shape index (κ2) is 4.18. The zero-order valence-electron chi connectivity index (χ0n) is 9.06.